The summed E-state index contributed by atoms with van der Waals surface area (Å²) in [5.41, 5.74) is 1.74. The number of benzene rings is 1. The molecule has 1 heterocycles. The van der Waals surface area contributed by atoms with Crippen molar-refractivity contribution < 1.29 is 14.6 Å². The van der Waals surface area contributed by atoms with Crippen molar-refractivity contribution in [3.63, 3.8) is 0 Å². The van der Waals surface area contributed by atoms with Gasteiger partial charge < -0.3 is 15.2 Å². The maximum absolute atomic E-state index is 11.3. The quantitative estimate of drug-likeness (QED) is 0.816. The third-order valence-electron chi connectivity index (χ3n) is 2.65. The number of carbonyl (C=O) groups is 1. The van der Waals surface area contributed by atoms with Gasteiger partial charge in [0.2, 0.25) is 0 Å². The number of aromatic hydroxyl groups is 1. The fraction of sp³-hybridized carbons (Fsp3) is 0.231. The van der Waals surface area contributed by atoms with Gasteiger partial charge in [0, 0.05) is 25.0 Å². The van der Waals surface area contributed by atoms with Crippen molar-refractivity contribution >= 4 is 11.7 Å². The SMILES string of the molecule is COC(=O)c1ccc(NCc2ccn(C)n2)cc1O. The molecule has 2 rings (SSSR count). The van der Waals surface area contributed by atoms with Crippen LogP contribution in [0.4, 0.5) is 5.69 Å². The predicted octanol–water partition coefficient (Wildman–Crippen LogP) is 1.52. The average molecular weight is 261 g/mol. The first kappa shape index (κ1) is 12.9. The van der Waals surface area contributed by atoms with Crippen LogP contribution in [0, 0.1) is 0 Å². The number of ether oxygens (including phenoxy) is 1. The minimum absolute atomic E-state index is 0.113. The van der Waals surface area contributed by atoms with E-state index in [4.69, 9.17) is 0 Å². The maximum Gasteiger partial charge on any atom is 0.341 e. The zero-order valence-electron chi connectivity index (χ0n) is 10.8. The Balaban J connectivity index is 2.06. The van der Waals surface area contributed by atoms with Crippen LogP contribution in [-0.2, 0) is 18.3 Å². The number of aryl methyl sites for hydroxylation is 1. The van der Waals surface area contributed by atoms with Crippen molar-refractivity contribution in [1.82, 2.24) is 9.78 Å². The Bertz CT molecular complexity index is 593. The molecule has 0 bridgehead atoms. The highest BCUT2D eigenvalue weighted by Crippen LogP contribution is 2.22. The number of carbonyl (C=O) groups excluding carboxylic acids is 1. The zero-order valence-corrected chi connectivity index (χ0v) is 10.8. The summed E-state index contributed by atoms with van der Waals surface area (Å²) in [6.45, 7) is 0.540. The van der Waals surface area contributed by atoms with E-state index in [1.165, 1.54) is 19.2 Å². The van der Waals surface area contributed by atoms with Gasteiger partial charge in [-0.05, 0) is 18.2 Å². The molecule has 0 aliphatic rings. The molecule has 0 fully saturated rings. The second kappa shape index (κ2) is 5.43. The molecule has 0 radical (unpaired) electrons. The molecule has 1 aromatic carbocycles. The van der Waals surface area contributed by atoms with Gasteiger partial charge in [-0.2, -0.15) is 5.10 Å². The molecule has 1 aromatic heterocycles. The number of hydrogen-bond donors (Lipinski definition) is 2. The van der Waals surface area contributed by atoms with Crippen molar-refractivity contribution in [2.75, 3.05) is 12.4 Å². The summed E-state index contributed by atoms with van der Waals surface area (Å²) in [5.74, 6) is -0.674. The van der Waals surface area contributed by atoms with Gasteiger partial charge in [0.15, 0.2) is 0 Å². The van der Waals surface area contributed by atoms with Gasteiger partial charge in [0.05, 0.1) is 19.3 Å². The highest BCUT2D eigenvalue weighted by Gasteiger charge is 2.11. The van der Waals surface area contributed by atoms with Gasteiger partial charge in [0.1, 0.15) is 11.3 Å². The van der Waals surface area contributed by atoms with E-state index in [-0.39, 0.29) is 11.3 Å². The standard InChI is InChI=1S/C13H15N3O3/c1-16-6-5-10(15-16)8-14-9-3-4-11(12(17)7-9)13(18)19-2/h3-7,14,17H,8H2,1-2H3. The molecule has 0 saturated heterocycles. The third-order valence-corrected chi connectivity index (χ3v) is 2.65. The Hall–Kier alpha value is -2.50. The van der Waals surface area contributed by atoms with E-state index in [9.17, 15) is 9.90 Å². The summed E-state index contributed by atoms with van der Waals surface area (Å²) in [5, 5.41) is 17.1. The fourth-order valence-electron chi connectivity index (χ4n) is 1.67. The average Bonchev–Trinajstić information content (AvgIpc) is 2.81. The van der Waals surface area contributed by atoms with E-state index in [1.807, 2.05) is 19.3 Å². The van der Waals surface area contributed by atoms with Gasteiger partial charge in [-0.3, -0.25) is 4.68 Å². The number of esters is 1. The van der Waals surface area contributed by atoms with Gasteiger partial charge in [0.25, 0.3) is 0 Å². The maximum atomic E-state index is 11.3. The number of hydrogen-bond acceptors (Lipinski definition) is 5. The normalized spacial score (nSPS) is 10.2. The Kier molecular flexibility index (Phi) is 3.70. The van der Waals surface area contributed by atoms with Crippen LogP contribution in [0.5, 0.6) is 5.75 Å². The van der Waals surface area contributed by atoms with E-state index < -0.39 is 5.97 Å². The summed E-state index contributed by atoms with van der Waals surface area (Å²) < 4.78 is 6.27. The van der Waals surface area contributed by atoms with Crippen molar-refractivity contribution in [3.8, 4) is 5.75 Å². The molecule has 0 saturated carbocycles. The Morgan fingerprint density at radius 2 is 2.26 bits per heavy atom. The number of phenolic OH excluding ortho intramolecular Hbond substituents is 1. The van der Waals surface area contributed by atoms with Crippen molar-refractivity contribution in [2.45, 2.75) is 6.54 Å². The molecule has 0 unspecified atom stereocenters. The molecule has 0 aliphatic carbocycles. The largest absolute Gasteiger partial charge is 0.507 e. The predicted molar refractivity (Wildman–Crippen MR) is 70.0 cm³/mol. The van der Waals surface area contributed by atoms with Crippen molar-refractivity contribution in [3.05, 3.63) is 41.7 Å². The van der Waals surface area contributed by atoms with E-state index in [2.05, 4.69) is 15.2 Å². The van der Waals surface area contributed by atoms with Crippen molar-refractivity contribution in [2.24, 2.45) is 7.05 Å². The zero-order chi connectivity index (χ0) is 13.8. The molecule has 0 atom stereocenters. The molecule has 6 heteroatoms. The van der Waals surface area contributed by atoms with Crippen LogP contribution in [0.3, 0.4) is 0 Å². The number of rotatable bonds is 4. The topological polar surface area (TPSA) is 76.4 Å². The van der Waals surface area contributed by atoms with Crippen LogP contribution >= 0.6 is 0 Å². The van der Waals surface area contributed by atoms with Crippen LogP contribution in [0.25, 0.3) is 0 Å². The summed E-state index contributed by atoms with van der Waals surface area (Å²) in [4.78, 5) is 11.3. The molecule has 0 spiro atoms. The van der Waals surface area contributed by atoms with Crippen LogP contribution in [0.2, 0.25) is 0 Å². The molecule has 0 aliphatic heterocycles. The van der Waals surface area contributed by atoms with Crippen LogP contribution < -0.4 is 5.32 Å². The second-order valence-corrected chi connectivity index (χ2v) is 4.06. The molecule has 6 nitrogen and oxygen atoms in total. The lowest BCUT2D eigenvalue weighted by Gasteiger charge is -2.07. The van der Waals surface area contributed by atoms with Crippen LogP contribution in [0.1, 0.15) is 16.1 Å². The van der Waals surface area contributed by atoms with Crippen molar-refractivity contribution in [1.29, 1.82) is 0 Å². The Morgan fingerprint density at radius 3 is 2.84 bits per heavy atom. The molecule has 2 N–H and O–H groups in total. The lowest BCUT2D eigenvalue weighted by molar-refractivity contribution is 0.0597. The molecule has 0 amide bonds. The van der Waals surface area contributed by atoms with E-state index >= 15 is 0 Å². The number of phenols is 1. The lowest BCUT2D eigenvalue weighted by atomic mass is 10.2. The third kappa shape index (κ3) is 3.04. The van der Waals surface area contributed by atoms with Crippen LogP contribution in [0.15, 0.2) is 30.5 Å². The first-order chi connectivity index (χ1) is 9.10. The Labute approximate surface area is 110 Å². The molecule has 2 aromatic rings. The number of nitrogens with zero attached hydrogens (tertiary/aromatic N) is 2. The monoisotopic (exact) mass is 261 g/mol. The highest BCUT2D eigenvalue weighted by molar-refractivity contribution is 5.92. The van der Waals surface area contributed by atoms with E-state index in [1.54, 1.807) is 10.7 Å². The Morgan fingerprint density at radius 1 is 1.47 bits per heavy atom. The number of nitrogens with one attached hydrogen (secondary N) is 1. The van der Waals surface area contributed by atoms with E-state index in [0.717, 1.165) is 5.69 Å². The smallest absolute Gasteiger partial charge is 0.341 e. The van der Waals surface area contributed by atoms with Crippen LogP contribution in [-0.4, -0.2) is 28.0 Å². The number of aromatic nitrogens is 2. The summed E-state index contributed by atoms with van der Waals surface area (Å²) >= 11 is 0. The van der Waals surface area contributed by atoms with Gasteiger partial charge >= 0.3 is 5.97 Å². The van der Waals surface area contributed by atoms with Gasteiger partial charge in [-0.15, -0.1) is 0 Å². The summed E-state index contributed by atoms with van der Waals surface area (Å²) in [7, 11) is 3.12. The van der Waals surface area contributed by atoms with E-state index in [0.29, 0.717) is 12.2 Å². The fourth-order valence-corrected chi connectivity index (χ4v) is 1.67. The first-order valence-electron chi connectivity index (χ1n) is 5.74. The minimum atomic E-state index is -0.561. The summed E-state index contributed by atoms with van der Waals surface area (Å²) in [6.07, 6.45) is 1.86. The molecule has 19 heavy (non-hydrogen) atoms. The summed E-state index contributed by atoms with van der Waals surface area (Å²) in [6, 6.07) is 6.60. The van der Waals surface area contributed by atoms with Gasteiger partial charge in [-0.1, -0.05) is 0 Å². The van der Waals surface area contributed by atoms with Gasteiger partial charge in [-0.25, -0.2) is 4.79 Å². The molecular formula is C13H15N3O3. The number of anilines is 1. The second-order valence-electron chi connectivity index (χ2n) is 4.06. The minimum Gasteiger partial charge on any atom is -0.507 e. The molecule has 100 valence electrons. The molecular weight excluding hydrogens is 246 g/mol. The number of methoxy groups -OCH3 is 1. The first-order valence-corrected chi connectivity index (χ1v) is 5.74. The highest BCUT2D eigenvalue weighted by atomic mass is 16.5. The lowest BCUT2D eigenvalue weighted by Crippen LogP contribution is -2.04.